The fraction of sp³-hybridized carbons (Fsp3) is 0.0667. The zero-order chi connectivity index (χ0) is 16.1. The van der Waals surface area contributed by atoms with Crippen molar-refractivity contribution in [3.63, 3.8) is 0 Å². The molecule has 7 heteroatoms. The van der Waals surface area contributed by atoms with Gasteiger partial charge in [-0.25, -0.2) is 4.79 Å². The van der Waals surface area contributed by atoms with Crippen molar-refractivity contribution in [3.05, 3.63) is 58.1 Å². The Morgan fingerprint density at radius 1 is 1.09 bits per heavy atom. The molecule has 22 heavy (non-hydrogen) atoms. The van der Waals surface area contributed by atoms with Crippen LogP contribution in [0.1, 0.15) is 10.4 Å². The molecule has 0 radical (unpaired) electrons. The number of ether oxygens (including phenoxy) is 1. The van der Waals surface area contributed by atoms with Crippen molar-refractivity contribution in [1.29, 1.82) is 0 Å². The second-order valence-electron chi connectivity index (χ2n) is 4.30. The average Bonchev–Trinajstić information content (AvgIpc) is 2.47. The minimum absolute atomic E-state index is 0.0850. The van der Waals surface area contributed by atoms with Gasteiger partial charge in [-0.3, -0.25) is 4.79 Å². The fourth-order valence-corrected chi connectivity index (χ4v) is 2.09. The Balaban J connectivity index is 1.90. The van der Waals surface area contributed by atoms with Crippen molar-refractivity contribution < 1.29 is 19.4 Å². The van der Waals surface area contributed by atoms with Gasteiger partial charge < -0.3 is 15.2 Å². The van der Waals surface area contributed by atoms with Gasteiger partial charge in [0.05, 0.1) is 10.6 Å². The van der Waals surface area contributed by atoms with E-state index in [1.54, 1.807) is 0 Å². The first kappa shape index (κ1) is 16.1. The quantitative estimate of drug-likeness (QED) is 0.660. The summed E-state index contributed by atoms with van der Waals surface area (Å²) in [6.07, 6.45) is 0. The molecule has 0 aliphatic rings. The summed E-state index contributed by atoms with van der Waals surface area (Å²) in [7, 11) is 0. The van der Waals surface area contributed by atoms with Crippen molar-refractivity contribution in [2.75, 3.05) is 11.9 Å². The highest BCUT2D eigenvalue weighted by Crippen LogP contribution is 2.21. The van der Waals surface area contributed by atoms with Crippen LogP contribution in [0.3, 0.4) is 0 Å². The number of rotatable bonds is 4. The van der Waals surface area contributed by atoms with Gasteiger partial charge in [0.1, 0.15) is 5.75 Å². The molecule has 0 unspecified atom stereocenters. The molecule has 0 fully saturated rings. The summed E-state index contributed by atoms with van der Waals surface area (Å²) in [6.45, 7) is -0.460. The van der Waals surface area contributed by atoms with Gasteiger partial charge in [0.15, 0.2) is 6.61 Å². The van der Waals surface area contributed by atoms with E-state index in [-0.39, 0.29) is 16.3 Å². The molecule has 2 N–H and O–H groups in total. The molecule has 0 bridgehead atoms. The summed E-state index contributed by atoms with van der Waals surface area (Å²) < 4.78 is 4.88. The van der Waals surface area contributed by atoms with E-state index in [0.29, 0.717) is 10.7 Å². The van der Waals surface area contributed by atoms with Crippen LogP contribution in [-0.2, 0) is 9.53 Å². The van der Waals surface area contributed by atoms with Crippen LogP contribution in [-0.4, -0.2) is 23.6 Å². The van der Waals surface area contributed by atoms with Gasteiger partial charge in [0.25, 0.3) is 5.91 Å². The normalized spacial score (nSPS) is 10.1. The average molecular weight is 340 g/mol. The van der Waals surface area contributed by atoms with Crippen LogP contribution in [0.25, 0.3) is 0 Å². The molecule has 0 atom stereocenters. The van der Waals surface area contributed by atoms with Crippen LogP contribution in [0.4, 0.5) is 5.69 Å². The molecule has 0 spiro atoms. The number of phenols is 1. The molecule has 2 aromatic rings. The predicted molar refractivity (Wildman–Crippen MR) is 83.5 cm³/mol. The Bertz CT molecular complexity index is 701. The molecule has 5 nitrogen and oxygen atoms in total. The number of aromatic hydroxyl groups is 1. The summed E-state index contributed by atoms with van der Waals surface area (Å²) in [5.74, 6) is -1.14. The number of carbonyl (C=O) groups excluding carboxylic acids is 2. The number of halogens is 2. The molecular weight excluding hydrogens is 329 g/mol. The molecule has 114 valence electrons. The standard InChI is InChI=1S/C15H11Cl2NO4/c16-9-1-6-12(13(17)7-9)15(21)22-8-14(20)18-10-2-4-11(19)5-3-10/h1-7,19H,8H2,(H,18,20). The Kier molecular flexibility index (Phi) is 5.25. The van der Waals surface area contributed by atoms with Crippen LogP contribution in [0.2, 0.25) is 10.0 Å². The number of carbonyl (C=O) groups is 2. The first-order valence-electron chi connectivity index (χ1n) is 6.17. The lowest BCUT2D eigenvalue weighted by Crippen LogP contribution is -2.21. The molecule has 0 aliphatic heterocycles. The molecule has 1 amide bonds. The van der Waals surface area contributed by atoms with Crippen molar-refractivity contribution in [2.45, 2.75) is 0 Å². The largest absolute Gasteiger partial charge is 0.508 e. The summed E-state index contributed by atoms with van der Waals surface area (Å²) in [6, 6.07) is 10.2. The molecule has 0 saturated carbocycles. The number of amides is 1. The summed E-state index contributed by atoms with van der Waals surface area (Å²) in [5.41, 5.74) is 0.604. The number of hydrogen-bond acceptors (Lipinski definition) is 4. The molecular formula is C15H11Cl2NO4. The van der Waals surface area contributed by atoms with Gasteiger partial charge in [-0.2, -0.15) is 0 Å². The van der Waals surface area contributed by atoms with Crippen LogP contribution < -0.4 is 5.32 Å². The number of esters is 1. The smallest absolute Gasteiger partial charge is 0.340 e. The number of nitrogens with one attached hydrogen (secondary N) is 1. The third-order valence-corrected chi connectivity index (χ3v) is 3.18. The van der Waals surface area contributed by atoms with Crippen molar-refractivity contribution >= 4 is 40.8 Å². The maximum absolute atomic E-state index is 11.8. The van der Waals surface area contributed by atoms with Crippen molar-refractivity contribution in [1.82, 2.24) is 0 Å². The number of anilines is 1. The maximum Gasteiger partial charge on any atom is 0.340 e. The predicted octanol–water partition coefficient (Wildman–Crippen LogP) is 3.49. The highest BCUT2D eigenvalue weighted by Gasteiger charge is 2.14. The molecule has 0 aromatic heterocycles. The van der Waals surface area contributed by atoms with Crippen molar-refractivity contribution in [3.8, 4) is 5.75 Å². The van der Waals surface area contributed by atoms with Gasteiger partial charge in [0, 0.05) is 10.7 Å². The minimum Gasteiger partial charge on any atom is -0.508 e. The fourth-order valence-electron chi connectivity index (χ4n) is 1.61. The van der Waals surface area contributed by atoms with Crippen molar-refractivity contribution in [2.24, 2.45) is 0 Å². The van der Waals surface area contributed by atoms with Gasteiger partial charge in [0.2, 0.25) is 0 Å². The Morgan fingerprint density at radius 2 is 1.77 bits per heavy atom. The first-order valence-corrected chi connectivity index (χ1v) is 6.92. The SMILES string of the molecule is O=C(COC(=O)c1ccc(Cl)cc1Cl)Nc1ccc(O)cc1. The van der Waals surface area contributed by atoms with E-state index in [0.717, 1.165) is 0 Å². The molecule has 2 aromatic carbocycles. The van der Waals surface area contributed by atoms with Gasteiger partial charge in [-0.05, 0) is 42.5 Å². The summed E-state index contributed by atoms with van der Waals surface area (Å²) in [4.78, 5) is 23.5. The van der Waals surface area contributed by atoms with E-state index in [1.165, 1.54) is 42.5 Å². The number of hydrogen-bond donors (Lipinski definition) is 2. The van der Waals surface area contributed by atoms with Gasteiger partial charge >= 0.3 is 5.97 Å². The molecule has 0 aliphatic carbocycles. The second-order valence-corrected chi connectivity index (χ2v) is 5.14. The van der Waals surface area contributed by atoms with E-state index in [2.05, 4.69) is 5.32 Å². The van der Waals surface area contributed by atoms with Crippen LogP contribution in [0.15, 0.2) is 42.5 Å². The lowest BCUT2D eigenvalue weighted by atomic mass is 10.2. The zero-order valence-corrected chi connectivity index (χ0v) is 12.7. The maximum atomic E-state index is 11.8. The van der Waals surface area contributed by atoms with E-state index in [4.69, 9.17) is 33.0 Å². The van der Waals surface area contributed by atoms with E-state index in [1.807, 2.05) is 0 Å². The molecule has 2 rings (SSSR count). The highest BCUT2D eigenvalue weighted by molar-refractivity contribution is 6.36. The lowest BCUT2D eigenvalue weighted by molar-refractivity contribution is -0.119. The zero-order valence-electron chi connectivity index (χ0n) is 11.2. The summed E-state index contributed by atoms with van der Waals surface area (Å²) >= 11 is 11.6. The Labute approximate surface area is 136 Å². The van der Waals surface area contributed by atoms with Crippen LogP contribution >= 0.6 is 23.2 Å². The molecule has 0 saturated heterocycles. The Morgan fingerprint density at radius 3 is 2.41 bits per heavy atom. The van der Waals surface area contributed by atoms with E-state index < -0.39 is 18.5 Å². The van der Waals surface area contributed by atoms with Crippen LogP contribution in [0, 0.1) is 0 Å². The second kappa shape index (κ2) is 7.15. The topological polar surface area (TPSA) is 75.6 Å². The minimum atomic E-state index is -0.720. The van der Waals surface area contributed by atoms with Crippen LogP contribution in [0.5, 0.6) is 5.75 Å². The third kappa shape index (κ3) is 4.38. The van der Waals surface area contributed by atoms with E-state index in [9.17, 15) is 9.59 Å². The third-order valence-electron chi connectivity index (χ3n) is 2.64. The first-order chi connectivity index (χ1) is 10.5. The van der Waals surface area contributed by atoms with Gasteiger partial charge in [-0.15, -0.1) is 0 Å². The monoisotopic (exact) mass is 339 g/mol. The highest BCUT2D eigenvalue weighted by atomic mass is 35.5. The molecule has 0 heterocycles. The lowest BCUT2D eigenvalue weighted by Gasteiger charge is -2.07. The summed E-state index contributed by atoms with van der Waals surface area (Å²) in [5, 5.41) is 12.2. The van der Waals surface area contributed by atoms with E-state index >= 15 is 0 Å². The Hall–Kier alpha value is -2.24. The van der Waals surface area contributed by atoms with Gasteiger partial charge in [-0.1, -0.05) is 23.2 Å². The number of phenolic OH excluding ortho intramolecular Hbond substituents is 1. The number of benzene rings is 2.